The molecule has 0 saturated carbocycles. The Hall–Kier alpha value is -0.136. The number of hydrogen-bond acceptors (Lipinski definition) is 7. The second-order valence-electron chi connectivity index (χ2n) is 7.70. The molecule has 30 heavy (non-hydrogen) atoms. The first-order valence-electron chi connectivity index (χ1n) is 11.2. The van der Waals surface area contributed by atoms with Gasteiger partial charge in [-0.1, -0.05) is 26.7 Å². The van der Waals surface area contributed by atoms with Gasteiger partial charge in [0.2, 0.25) is 0 Å². The minimum absolute atomic E-state index is 0.129. The maximum absolute atomic E-state index is 13.1. The van der Waals surface area contributed by atoms with Gasteiger partial charge in [-0.05, 0) is 38.5 Å². The van der Waals surface area contributed by atoms with Gasteiger partial charge in [0, 0.05) is 66.6 Å². The predicted octanol–water partition coefficient (Wildman–Crippen LogP) is 4.70. The van der Waals surface area contributed by atoms with E-state index < -0.39 is 17.6 Å². The first-order chi connectivity index (χ1) is 14.4. The Labute approximate surface area is 186 Å². The van der Waals surface area contributed by atoms with Crippen LogP contribution in [0.5, 0.6) is 0 Å². The molecule has 0 N–H and O–H groups in total. The average Bonchev–Trinajstić information content (AvgIpc) is 2.79. The molecule has 0 aliphatic carbocycles. The van der Waals surface area contributed by atoms with E-state index >= 15 is 0 Å². The van der Waals surface area contributed by atoms with E-state index in [1.807, 2.05) is 0 Å². The summed E-state index contributed by atoms with van der Waals surface area (Å²) in [4.78, 5) is 13.1. The van der Waals surface area contributed by atoms with E-state index in [9.17, 15) is 4.79 Å². The van der Waals surface area contributed by atoms with Gasteiger partial charge in [-0.25, -0.2) is 0 Å². The number of rotatable bonds is 20. The molecule has 9 heteroatoms. The van der Waals surface area contributed by atoms with E-state index in [0.29, 0.717) is 5.78 Å². The highest BCUT2D eigenvalue weighted by Crippen LogP contribution is 2.26. The zero-order chi connectivity index (χ0) is 23.0. The van der Waals surface area contributed by atoms with E-state index in [2.05, 4.69) is 13.8 Å². The van der Waals surface area contributed by atoms with E-state index in [-0.39, 0.29) is 11.8 Å². The molecule has 0 saturated heterocycles. The lowest BCUT2D eigenvalue weighted by molar-refractivity contribution is -0.127. The zero-order valence-electron chi connectivity index (χ0n) is 20.6. The highest BCUT2D eigenvalue weighted by molar-refractivity contribution is 6.60. The summed E-state index contributed by atoms with van der Waals surface area (Å²) >= 11 is 0. The van der Waals surface area contributed by atoms with Gasteiger partial charge in [0.1, 0.15) is 5.78 Å². The molecule has 0 aliphatic rings. The lowest BCUT2D eigenvalue weighted by Crippen LogP contribution is -2.42. The van der Waals surface area contributed by atoms with Gasteiger partial charge < -0.3 is 26.6 Å². The van der Waals surface area contributed by atoms with Crippen LogP contribution in [0.1, 0.15) is 65.2 Å². The molecular weight excluding hydrogens is 420 g/mol. The van der Waals surface area contributed by atoms with Gasteiger partial charge in [0.15, 0.2) is 0 Å². The van der Waals surface area contributed by atoms with Crippen molar-refractivity contribution in [2.45, 2.75) is 77.3 Å². The summed E-state index contributed by atoms with van der Waals surface area (Å²) in [6.07, 6.45) is 7.47. The molecule has 0 radical (unpaired) electrons. The third-order valence-corrected chi connectivity index (χ3v) is 11.9. The minimum atomic E-state index is -2.51. The molecule has 0 aromatic carbocycles. The summed E-state index contributed by atoms with van der Waals surface area (Å²) in [6, 6.07) is 1.56. The Bertz CT molecular complexity index is 389. The average molecular weight is 467 g/mol. The number of carbonyl (C=O) groups is 1. The highest BCUT2D eigenvalue weighted by Gasteiger charge is 2.38. The van der Waals surface area contributed by atoms with Crippen LogP contribution in [0.2, 0.25) is 12.1 Å². The number of hydrogen-bond donors (Lipinski definition) is 0. The molecule has 0 heterocycles. The van der Waals surface area contributed by atoms with Crippen LogP contribution in [0.15, 0.2) is 0 Å². The van der Waals surface area contributed by atoms with Gasteiger partial charge >= 0.3 is 17.6 Å². The molecule has 2 unspecified atom stereocenters. The van der Waals surface area contributed by atoms with Crippen LogP contribution in [0.3, 0.4) is 0 Å². The molecule has 0 amide bonds. The first-order valence-corrected chi connectivity index (χ1v) is 15.1. The maximum Gasteiger partial charge on any atom is 0.500 e. The standard InChI is InChI=1S/C21H46O7Si2/c1-9-19(15-11-13-17-29(23-3,24-4)25-5)21(22)20(10-2)16-12-14-18-30(26-6,27-7)28-8/h19-20H,9-18H2,1-8H3. The van der Waals surface area contributed by atoms with Gasteiger partial charge in [0.25, 0.3) is 0 Å². The van der Waals surface area contributed by atoms with Crippen molar-refractivity contribution in [1.82, 2.24) is 0 Å². The summed E-state index contributed by atoms with van der Waals surface area (Å²) in [5.74, 6) is 0.676. The summed E-state index contributed by atoms with van der Waals surface area (Å²) in [5.41, 5.74) is 0. The topological polar surface area (TPSA) is 72.5 Å². The Morgan fingerprint density at radius 2 is 0.900 bits per heavy atom. The molecule has 180 valence electrons. The normalized spacial score (nSPS) is 14.7. The van der Waals surface area contributed by atoms with Crippen molar-refractivity contribution >= 4 is 23.4 Å². The molecule has 0 fully saturated rings. The fourth-order valence-corrected chi connectivity index (χ4v) is 7.60. The fraction of sp³-hybridized carbons (Fsp3) is 0.952. The van der Waals surface area contributed by atoms with Crippen molar-refractivity contribution < 1.29 is 31.4 Å². The number of Topliss-reactive ketones (excluding diaryl/α,β-unsaturated/α-hetero) is 1. The molecule has 2 atom stereocenters. The predicted molar refractivity (Wildman–Crippen MR) is 123 cm³/mol. The van der Waals surface area contributed by atoms with Crippen LogP contribution in [0.25, 0.3) is 0 Å². The third kappa shape index (κ3) is 9.56. The second kappa shape index (κ2) is 16.5. The van der Waals surface area contributed by atoms with Crippen molar-refractivity contribution in [3.8, 4) is 0 Å². The van der Waals surface area contributed by atoms with Gasteiger partial charge in [-0.2, -0.15) is 0 Å². The number of ketones is 1. The van der Waals surface area contributed by atoms with Gasteiger partial charge in [-0.3, -0.25) is 4.79 Å². The molecule has 7 nitrogen and oxygen atoms in total. The van der Waals surface area contributed by atoms with Crippen LogP contribution in [-0.2, 0) is 31.4 Å². The molecular formula is C21H46O7Si2. The Morgan fingerprint density at radius 3 is 1.13 bits per heavy atom. The monoisotopic (exact) mass is 466 g/mol. The third-order valence-electron chi connectivity index (χ3n) is 6.23. The number of carbonyl (C=O) groups excluding carboxylic acids is 1. The maximum atomic E-state index is 13.1. The van der Waals surface area contributed by atoms with Crippen molar-refractivity contribution in [2.75, 3.05) is 42.7 Å². The molecule has 0 aromatic rings. The SMILES string of the molecule is CCC(CCCC[Si](OC)(OC)OC)C(=O)C(CC)CCCC[Si](OC)(OC)OC. The van der Waals surface area contributed by atoms with E-state index in [0.717, 1.165) is 63.5 Å². The Balaban J connectivity index is 4.52. The molecule has 0 rings (SSSR count). The number of unbranched alkanes of at least 4 members (excludes halogenated alkanes) is 2. The first kappa shape index (κ1) is 29.9. The zero-order valence-corrected chi connectivity index (χ0v) is 22.6. The summed E-state index contributed by atoms with van der Waals surface area (Å²) < 4.78 is 32.9. The van der Waals surface area contributed by atoms with Crippen LogP contribution >= 0.6 is 0 Å². The van der Waals surface area contributed by atoms with Crippen molar-refractivity contribution in [3.05, 3.63) is 0 Å². The lowest BCUT2D eigenvalue weighted by Gasteiger charge is -2.25. The van der Waals surface area contributed by atoms with Crippen LogP contribution in [0, 0.1) is 11.8 Å². The molecule has 0 aromatic heterocycles. The van der Waals surface area contributed by atoms with Crippen molar-refractivity contribution in [3.63, 3.8) is 0 Å². The highest BCUT2D eigenvalue weighted by atomic mass is 28.4. The largest absolute Gasteiger partial charge is 0.500 e. The van der Waals surface area contributed by atoms with Gasteiger partial charge in [0.05, 0.1) is 0 Å². The quantitative estimate of drug-likeness (QED) is 0.190. The van der Waals surface area contributed by atoms with E-state index in [1.165, 1.54) is 0 Å². The second-order valence-corrected chi connectivity index (χ2v) is 13.9. The van der Waals surface area contributed by atoms with Crippen molar-refractivity contribution in [1.29, 1.82) is 0 Å². The molecule has 0 aliphatic heterocycles. The summed E-state index contributed by atoms with van der Waals surface area (Å²) in [5, 5.41) is 0. The lowest BCUT2D eigenvalue weighted by atomic mass is 9.83. The fourth-order valence-electron chi connectivity index (χ4n) is 4.01. The van der Waals surface area contributed by atoms with Gasteiger partial charge in [-0.15, -0.1) is 0 Å². The Morgan fingerprint density at radius 1 is 0.600 bits per heavy atom. The molecule has 0 spiro atoms. The minimum Gasteiger partial charge on any atom is -0.377 e. The Kier molecular flexibility index (Phi) is 16.4. The smallest absolute Gasteiger partial charge is 0.377 e. The molecule has 0 bridgehead atoms. The van der Waals surface area contributed by atoms with Crippen molar-refractivity contribution in [2.24, 2.45) is 11.8 Å². The summed E-state index contributed by atoms with van der Waals surface area (Å²) in [6.45, 7) is 4.23. The van der Waals surface area contributed by atoms with Crippen LogP contribution in [-0.4, -0.2) is 66.1 Å². The van der Waals surface area contributed by atoms with E-state index in [4.69, 9.17) is 26.6 Å². The van der Waals surface area contributed by atoms with Crippen LogP contribution < -0.4 is 0 Å². The van der Waals surface area contributed by atoms with Crippen LogP contribution in [0.4, 0.5) is 0 Å². The van der Waals surface area contributed by atoms with E-state index in [1.54, 1.807) is 42.7 Å². The summed E-state index contributed by atoms with van der Waals surface area (Å²) in [7, 11) is 4.81.